The summed E-state index contributed by atoms with van der Waals surface area (Å²) in [5.41, 5.74) is 1.45. The van der Waals surface area contributed by atoms with Gasteiger partial charge >= 0.3 is 0 Å². The van der Waals surface area contributed by atoms with Crippen LogP contribution in [0.25, 0.3) is 0 Å². The van der Waals surface area contributed by atoms with E-state index in [1.807, 2.05) is 30.3 Å². The number of piperazine rings is 1. The lowest BCUT2D eigenvalue weighted by Crippen LogP contribution is -2.49. The van der Waals surface area contributed by atoms with Crippen LogP contribution in [0.2, 0.25) is 0 Å². The first-order valence-electron chi connectivity index (χ1n) is 8.64. The van der Waals surface area contributed by atoms with Gasteiger partial charge in [0.15, 0.2) is 6.61 Å². The Labute approximate surface area is 166 Å². The van der Waals surface area contributed by atoms with E-state index in [1.54, 1.807) is 23.1 Å². The molecule has 1 aliphatic rings. The topological polar surface area (TPSA) is 56.6 Å². The molecule has 5 nitrogen and oxygen atoms in total. The maximum Gasteiger partial charge on any atom is 0.227 e. The van der Waals surface area contributed by atoms with Gasteiger partial charge in [0.2, 0.25) is 5.91 Å². The van der Waals surface area contributed by atoms with Crippen molar-refractivity contribution in [3.8, 4) is 11.8 Å². The quantitative estimate of drug-likeness (QED) is 0.727. The van der Waals surface area contributed by atoms with Crippen LogP contribution in [0.15, 0.2) is 46.9 Å². The van der Waals surface area contributed by atoms with Crippen molar-refractivity contribution in [2.45, 2.75) is 6.42 Å². The Morgan fingerprint density at radius 2 is 1.85 bits per heavy atom. The van der Waals surface area contributed by atoms with Crippen LogP contribution >= 0.6 is 15.9 Å². The lowest BCUT2D eigenvalue weighted by atomic mass is 10.1. The first kappa shape index (κ1) is 19.2. The van der Waals surface area contributed by atoms with E-state index in [9.17, 15) is 9.18 Å². The third-order valence-corrected chi connectivity index (χ3v) is 5.12. The number of ether oxygens (including phenoxy) is 1. The number of nitriles is 1. The molecular weight excluding hydrogens is 413 g/mol. The molecule has 0 atom stereocenters. The largest absolute Gasteiger partial charge is 0.479 e. The van der Waals surface area contributed by atoms with E-state index in [2.05, 4.69) is 20.8 Å². The van der Waals surface area contributed by atoms with E-state index < -0.39 is 0 Å². The van der Waals surface area contributed by atoms with Crippen molar-refractivity contribution in [1.29, 1.82) is 5.26 Å². The van der Waals surface area contributed by atoms with Gasteiger partial charge in [0.05, 0.1) is 10.9 Å². The molecular formula is C20H19BrFN3O2. The summed E-state index contributed by atoms with van der Waals surface area (Å²) in [6.07, 6.45) is 0.0657. The van der Waals surface area contributed by atoms with Crippen LogP contribution in [0, 0.1) is 17.1 Å². The lowest BCUT2D eigenvalue weighted by Gasteiger charge is -2.36. The number of amides is 1. The molecule has 7 heteroatoms. The Hall–Kier alpha value is -2.59. The number of benzene rings is 2. The zero-order valence-electron chi connectivity index (χ0n) is 14.7. The fourth-order valence-electron chi connectivity index (χ4n) is 3.04. The maximum atomic E-state index is 14.1. The number of halogens is 2. The fourth-order valence-corrected chi connectivity index (χ4v) is 3.45. The Kier molecular flexibility index (Phi) is 6.30. The molecule has 0 unspecified atom stereocenters. The summed E-state index contributed by atoms with van der Waals surface area (Å²) in [5.74, 6) is 0.222. The second-order valence-electron chi connectivity index (χ2n) is 6.20. The van der Waals surface area contributed by atoms with Crippen LogP contribution in [0.4, 0.5) is 10.1 Å². The molecule has 0 spiro atoms. The summed E-state index contributed by atoms with van der Waals surface area (Å²) in [5, 5.41) is 8.54. The molecule has 0 saturated carbocycles. The Morgan fingerprint density at radius 3 is 2.52 bits per heavy atom. The highest BCUT2D eigenvalue weighted by Crippen LogP contribution is 2.22. The summed E-state index contributed by atoms with van der Waals surface area (Å²) in [6, 6.07) is 14.5. The molecule has 0 bridgehead atoms. The number of carbonyl (C=O) groups is 1. The van der Waals surface area contributed by atoms with Crippen LogP contribution < -0.4 is 9.64 Å². The molecule has 0 aromatic heterocycles. The minimum Gasteiger partial charge on any atom is -0.479 e. The van der Waals surface area contributed by atoms with Crippen molar-refractivity contribution in [3.05, 3.63) is 58.3 Å². The smallest absolute Gasteiger partial charge is 0.227 e. The number of rotatable bonds is 5. The van der Waals surface area contributed by atoms with E-state index in [0.29, 0.717) is 42.0 Å². The van der Waals surface area contributed by atoms with Crippen molar-refractivity contribution in [3.63, 3.8) is 0 Å². The normalized spacial score (nSPS) is 14.0. The number of nitrogens with zero attached hydrogens (tertiary/aromatic N) is 3. The average molecular weight is 432 g/mol. The molecule has 0 radical (unpaired) electrons. The Morgan fingerprint density at radius 1 is 1.15 bits per heavy atom. The number of carbonyl (C=O) groups excluding carboxylic acids is 1. The maximum absolute atomic E-state index is 14.1. The van der Waals surface area contributed by atoms with Gasteiger partial charge in [-0.2, -0.15) is 5.26 Å². The third-order valence-electron chi connectivity index (χ3n) is 4.51. The van der Waals surface area contributed by atoms with E-state index in [4.69, 9.17) is 10.00 Å². The molecule has 27 heavy (non-hydrogen) atoms. The molecule has 140 valence electrons. The van der Waals surface area contributed by atoms with Crippen molar-refractivity contribution in [2.75, 3.05) is 37.7 Å². The first-order valence-corrected chi connectivity index (χ1v) is 9.43. The van der Waals surface area contributed by atoms with E-state index in [0.717, 1.165) is 5.69 Å². The van der Waals surface area contributed by atoms with E-state index >= 15 is 0 Å². The fraction of sp³-hybridized carbons (Fsp3) is 0.300. The average Bonchev–Trinajstić information content (AvgIpc) is 2.70. The van der Waals surface area contributed by atoms with Crippen molar-refractivity contribution in [1.82, 2.24) is 4.90 Å². The molecule has 1 saturated heterocycles. The molecule has 1 fully saturated rings. The van der Waals surface area contributed by atoms with Gasteiger partial charge in [0.1, 0.15) is 17.6 Å². The zero-order valence-corrected chi connectivity index (χ0v) is 16.3. The second-order valence-corrected chi connectivity index (χ2v) is 7.05. The van der Waals surface area contributed by atoms with Crippen molar-refractivity contribution < 1.29 is 13.9 Å². The lowest BCUT2D eigenvalue weighted by molar-refractivity contribution is -0.130. The minimum atomic E-state index is -0.372. The second kappa shape index (κ2) is 8.87. The van der Waals surface area contributed by atoms with Gasteiger partial charge in [0.25, 0.3) is 0 Å². The monoisotopic (exact) mass is 431 g/mol. The van der Waals surface area contributed by atoms with Gasteiger partial charge in [-0.1, -0.05) is 12.1 Å². The van der Waals surface area contributed by atoms with Gasteiger partial charge in [-0.3, -0.25) is 4.79 Å². The van der Waals surface area contributed by atoms with Crippen molar-refractivity contribution in [2.24, 2.45) is 0 Å². The standard InChI is InChI=1S/C20H19BrFN3O2/c21-18-3-1-2-15(20(18)22)14-19(26)25-11-9-24(10-12-25)16-4-6-17(7-5-16)27-13-8-23/h1-7H,9-14H2. The molecule has 0 N–H and O–H groups in total. The van der Waals surface area contributed by atoms with Gasteiger partial charge in [0, 0.05) is 31.9 Å². The molecule has 2 aromatic carbocycles. The van der Waals surface area contributed by atoms with E-state index in [1.165, 1.54) is 0 Å². The third kappa shape index (κ3) is 4.77. The molecule has 2 aromatic rings. The predicted molar refractivity (Wildman–Crippen MR) is 104 cm³/mol. The van der Waals surface area contributed by atoms with Gasteiger partial charge in [-0.25, -0.2) is 4.39 Å². The van der Waals surface area contributed by atoms with Crippen LogP contribution in [-0.2, 0) is 11.2 Å². The van der Waals surface area contributed by atoms with Crippen LogP contribution in [0.1, 0.15) is 5.56 Å². The molecule has 0 aliphatic carbocycles. The summed E-state index contributed by atoms with van der Waals surface area (Å²) >= 11 is 3.15. The molecule has 3 rings (SSSR count). The van der Waals surface area contributed by atoms with E-state index in [-0.39, 0.29) is 24.8 Å². The zero-order chi connectivity index (χ0) is 19.2. The summed E-state index contributed by atoms with van der Waals surface area (Å²) in [7, 11) is 0. The Bertz CT molecular complexity index is 843. The molecule has 1 heterocycles. The highest BCUT2D eigenvalue weighted by atomic mass is 79.9. The van der Waals surface area contributed by atoms with Crippen molar-refractivity contribution >= 4 is 27.5 Å². The summed E-state index contributed by atoms with van der Waals surface area (Å²) in [6.45, 7) is 2.65. The molecule has 1 amide bonds. The number of hydrogen-bond donors (Lipinski definition) is 0. The number of anilines is 1. The minimum absolute atomic E-state index is 0.0265. The predicted octanol–water partition coefficient (Wildman–Crippen LogP) is 3.38. The van der Waals surface area contributed by atoms with Gasteiger partial charge in [-0.15, -0.1) is 0 Å². The highest BCUT2D eigenvalue weighted by Gasteiger charge is 2.22. The van der Waals surface area contributed by atoms with Crippen LogP contribution in [-0.4, -0.2) is 43.6 Å². The SMILES string of the molecule is N#CCOc1ccc(N2CCN(C(=O)Cc3cccc(Br)c3F)CC2)cc1. The van der Waals surface area contributed by atoms with Crippen LogP contribution in [0.3, 0.4) is 0 Å². The Balaban J connectivity index is 1.54. The summed E-state index contributed by atoms with van der Waals surface area (Å²) < 4.78 is 19.7. The van der Waals surface area contributed by atoms with Gasteiger partial charge in [-0.05, 0) is 51.8 Å². The first-order chi connectivity index (χ1) is 13.1. The van der Waals surface area contributed by atoms with Crippen LogP contribution in [0.5, 0.6) is 5.75 Å². The van der Waals surface area contributed by atoms with Gasteiger partial charge < -0.3 is 14.5 Å². The number of hydrogen-bond acceptors (Lipinski definition) is 4. The summed E-state index contributed by atoms with van der Waals surface area (Å²) in [4.78, 5) is 16.5. The highest BCUT2D eigenvalue weighted by molar-refractivity contribution is 9.10. The molecule has 1 aliphatic heterocycles.